The fourth-order valence-corrected chi connectivity index (χ4v) is 2.63. The Morgan fingerprint density at radius 3 is 2.71 bits per heavy atom. The lowest BCUT2D eigenvalue weighted by atomic mass is 10.5. The molecule has 114 valence electrons. The molecule has 2 heterocycles. The summed E-state index contributed by atoms with van der Waals surface area (Å²) in [6.07, 6.45) is 3.18. The van der Waals surface area contributed by atoms with E-state index >= 15 is 0 Å². The molecule has 0 amide bonds. The van der Waals surface area contributed by atoms with E-state index in [0.717, 1.165) is 17.3 Å². The summed E-state index contributed by atoms with van der Waals surface area (Å²) >= 11 is 0. The molecule has 21 heavy (non-hydrogen) atoms. The van der Waals surface area contributed by atoms with Crippen molar-refractivity contribution >= 4 is 25.6 Å². The number of hydrogen-bond donors (Lipinski definition) is 0. The van der Waals surface area contributed by atoms with E-state index < -0.39 is 24.7 Å². The molecule has 2 aromatic rings. The summed E-state index contributed by atoms with van der Waals surface area (Å²) in [5.41, 5.74) is 0. The van der Waals surface area contributed by atoms with Crippen LogP contribution in [-0.4, -0.2) is 37.9 Å². The molecule has 0 atom stereocenters. The third-order valence-corrected chi connectivity index (χ3v) is 3.89. The molecule has 0 saturated heterocycles. The lowest BCUT2D eigenvalue weighted by Crippen LogP contribution is -2.10. The Kier molecular flexibility index (Phi) is 4.23. The van der Waals surface area contributed by atoms with E-state index in [2.05, 4.69) is 15.2 Å². The van der Waals surface area contributed by atoms with Crippen molar-refractivity contribution < 1.29 is 13.3 Å². The molecule has 0 aliphatic rings. The van der Waals surface area contributed by atoms with Gasteiger partial charge < -0.3 is 10.1 Å². The van der Waals surface area contributed by atoms with Gasteiger partial charge in [0.2, 0.25) is 4.90 Å². The predicted molar refractivity (Wildman–Crippen MR) is 71.3 cm³/mol. The van der Waals surface area contributed by atoms with Gasteiger partial charge in [-0.05, 0) is 11.3 Å². The molecule has 0 unspecified atom stereocenters. The van der Waals surface area contributed by atoms with Gasteiger partial charge in [-0.3, -0.25) is 0 Å². The number of aromatic nitrogens is 5. The number of nitro groups is 1. The topological polar surface area (TPSA) is 126 Å². The van der Waals surface area contributed by atoms with E-state index in [1.807, 2.05) is 6.92 Å². The maximum Gasteiger partial charge on any atom is 0.410 e. The molecule has 0 aliphatic carbocycles. The maximum absolute atomic E-state index is 11.3. The van der Waals surface area contributed by atoms with Gasteiger partial charge in [0, 0.05) is 17.2 Å². The first kappa shape index (κ1) is 15.4. The SMILES string of the molecule is CCCn1ncnc1Cn1cc(S(=O)(=O)Cl)c([N+](=O)[O-])n1. The number of aryl methyl sites for hydroxylation is 1. The van der Waals surface area contributed by atoms with Crippen LogP contribution in [-0.2, 0) is 22.1 Å². The first-order valence-corrected chi connectivity index (χ1v) is 8.17. The van der Waals surface area contributed by atoms with E-state index in [0.29, 0.717) is 12.4 Å². The average molecular weight is 335 g/mol. The Morgan fingerprint density at radius 1 is 1.48 bits per heavy atom. The first-order valence-electron chi connectivity index (χ1n) is 5.86. The molecule has 2 rings (SSSR count). The van der Waals surface area contributed by atoms with Crippen LogP contribution in [0.4, 0.5) is 5.82 Å². The first-order chi connectivity index (χ1) is 9.82. The minimum atomic E-state index is -4.25. The number of nitrogens with zero attached hydrogens (tertiary/aromatic N) is 6. The van der Waals surface area contributed by atoms with Gasteiger partial charge in [-0.15, -0.1) is 0 Å². The zero-order valence-corrected chi connectivity index (χ0v) is 12.5. The Balaban J connectivity index is 2.37. The van der Waals surface area contributed by atoms with Crippen molar-refractivity contribution in [2.45, 2.75) is 31.3 Å². The van der Waals surface area contributed by atoms with Crippen molar-refractivity contribution in [3.05, 3.63) is 28.5 Å². The van der Waals surface area contributed by atoms with E-state index in [1.54, 1.807) is 4.68 Å². The second kappa shape index (κ2) is 5.77. The molecule has 2 aromatic heterocycles. The van der Waals surface area contributed by atoms with Crippen molar-refractivity contribution in [3.8, 4) is 0 Å². The van der Waals surface area contributed by atoms with Crippen molar-refractivity contribution in [2.75, 3.05) is 0 Å². The summed E-state index contributed by atoms with van der Waals surface area (Å²) in [5.74, 6) is -0.306. The third kappa shape index (κ3) is 3.36. The van der Waals surface area contributed by atoms with Crippen LogP contribution >= 0.6 is 10.7 Å². The van der Waals surface area contributed by atoms with Crippen LogP contribution in [0, 0.1) is 10.1 Å². The average Bonchev–Trinajstić information content (AvgIpc) is 2.97. The lowest BCUT2D eigenvalue weighted by molar-refractivity contribution is -0.392. The predicted octanol–water partition coefficient (Wildman–Crippen LogP) is 0.769. The molecule has 0 bridgehead atoms. The van der Waals surface area contributed by atoms with Gasteiger partial charge in [-0.2, -0.15) is 9.78 Å². The van der Waals surface area contributed by atoms with Crippen molar-refractivity contribution in [1.82, 2.24) is 24.5 Å². The van der Waals surface area contributed by atoms with Gasteiger partial charge in [0.05, 0.1) is 11.3 Å². The quantitative estimate of drug-likeness (QED) is 0.433. The standard InChI is InChI=1S/C9H11ClN6O4S/c1-2-3-15-8(11-6-12-15)5-14-4-7(21(10,19)20)9(13-14)16(17)18/h4,6H,2-3,5H2,1H3. The molecule has 0 fully saturated rings. The van der Waals surface area contributed by atoms with Crippen LogP contribution in [0.3, 0.4) is 0 Å². The molecular formula is C9H11ClN6O4S. The third-order valence-electron chi connectivity index (χ3n) is 2.58. The van der Waals surface area contributed by atoms with E-state index in [4.69, 9.17) is 10.7 Å². The van der Waals surface area contributed by atoms with Crippen LogP contribution < -0.4 is 0 Å². The summed E-state index contributed by atoms with van der Waals surface area (Å²) in [6, 6.07) is 0. The molecule has 0 aromatic carbocycles. The number of halogens is 1. The summed E-state index contributed by atoms with van der Waals surface area (Å²) in [4.78, 5) is 13.3. The normalized spacial score (nSPS) is 11.7. The zero-order chi connectivity index (χ0) is 15.6. The number of rotatable bonds is 6. The van der Waals surface area contributed by atoms with Crippen molar-refractivity contribution in [1.29, 1.82) is 0 Å². The minimum Gasteiger partial charge on any atom is -0.358 e. The molecule has 0 radical (unpaired) electrons. The van der Waals surface area contributed by atoms with E-state index in [-0.39, 0.29) is 6.54 Å². The highest BCUT2D eigenvalue weighted by atomic mass is 35.7. The van der Waals surface area contributed by atoms with Gasteiger partial charge in [-0.25, -0.2) is 18.1 Å². The fourth-order valence-electron chi connectivity index (χ4n) is 1.73. The fraction of sp³-hybridized carbons (Fsp3) is 0.444. The summed E-state index contributed by atoms with van der Waals surface area (Å²) in [7, 11) is 0.913. The molecular weight excluding hydrogens is 324 g/mol. The van der Waals surface area contributed by atoms with Crippen LogP contribution in [0.1, 0.15) is 19.2 Å². The maximum atomic E-state index is 11.3. The molecule has 0 spiro atoms. The van der Waals surface area contributed by atoms with Gasteiger partial charge in [0.25, 0.3) is 9.05 Å². The summed E-state index contributed by atoms with van der Waals surface area (Å²) in [6.45, 7) is 2.63. The Bertz CT molecular complexity index is 767. The van der Waals surface area contributed by atoms with Gasteiger partial charge in [0.1, 0.15) is 12.9 Å². The highest BCUT2D eigenvalue weighted by Gasteiger charge is 2.30. The second-order valence-corrected chi connectivity index (χ2v) is 6.64. The van der Waals surface area contributed by atoms with Crippen molar-refractivity contribution in [3.63, 3.8) is 0 Å². The van der Waals surface area contributed by atoms with Crippen molar-refractivity contribution in [2.24, 2.45) is 0 Å². The Labute approximate surface area is 123 Å². The molecule has 12 heteroatoms. The van der Waals surface area contributed by atoms with Gasteiger partial charge >= 0.3 is 5.82 Å². The monoisotopic (exact) mass is 334 g/mol. The van der Waals surface area contributed by atoms with E-state index in [1.165, 1.54) is 6.33 Å². The smallest absolute Gasteiger partial charge is 0.358 e. The summed E-state index contributed by atoms with van der Waals surface area (Å²) < 4.78 is 25.3. The zero-order valence-electron chi connectivity index (χ0n) is 10.9. The van der Waals surface area contributed by atoms with Gasteiger partial charge in [-0.1, -0.05) is 6.92 Å². The lowest BCUT2D eigenvalue weighted by Gasteiger charge is -2.01. The van der Waals surface area contributed by atoms with Crippen LogP contribution in [0.5, 0.6) is 0 Å². The van der Waals surface area contributed by atoms with Gasteiger partial charge in [0.15, 0.2) is 5.82 Å². The Morgan fingerprint density at radius 2 is 2.19 bits per heavy atom. The molecule has 0 aliphatic heterocycles. The van der Waals surface area contributed by atoms with Crippen LogP contribution in [0.25, 0.3) is 0 Å². The molecule has 10 nitrogen and oxygen atoms in total. The highest BCUT2D eigenvalue weighted by molar-refractivity contribution is 8.13. The molecule has 0 saturated carbocycles. The highest BCUT2D eigenvalue weighted by Crippen LogP contribution is 2.25. The van der Waals surface area contributed by atoms with Crippen LogP contribution in [0.2, 0.25) is 0 Å². The largest absolute Gasteiger partial charge is 0.410 e. The van der Waals surface area contributed by atoms with Crippen LogP contribution in [0.15, 0.2) is 17.4 Å². The molecule has 0 N–H and O–H groups in total. The second-order valence-electron chi connectivity index (χ2n) is 4.11. The number of hydrogen-bond acceptors (Lipinski definition) is 7. The Hall–Kier alpha value is -2.01. The van der Waals surface area contributed by atoms with E-state index in [9.17, 15) is 18.5 Å². The summed E-state index contributed by atoms with van der Waals surface area (Å²) in [5, 5.41) is 18.5. The minimum absolute atomic E-state index is 0.0489.